The van der Waals surface area contributed by atoms with E-state index in [4.69, 9.17) is 23.2 Å². The van der Waals surface area contributed by atoms with Gasteiger partial charge in [-0.05, 0) is 30.7 Å². The van der Waals surface area contributed by atoms with E-state index in [1.807, 2.05) is 30.3 Å². The van der Waals surface area contributed by atoms with E-state index in [1.54, 1.807) is 11.6 Å². The molecule has 1 heterocycles. The molecule has 1 amide bonds. The normalized spacial score (nSPS) is 10.7. The van der Waals surface area contributed by atoms with Gasteiger partial charge in [0.25, 0.3) is 5.91 Å². The molecule has 25 heavy (non-hydrogen) atoms. The monoisotopic (exact) mass is 377 g/mol. The van der Waals surface area contributed by atoms with Crippen LogP contribution in [0.2, 0.25) is 10.2 Å². The largest absolute Gasteiger partial charge is 0.322 e. The summed E-state index contributed by atoms with van der Waals surface area (Å²) in [6, 6.07) is 13.6. The van der Waals surface area contributed by atoms with E-state index in [9.17, 15) is 9.18 Å². The van der Waals surface area contributed by atoms with E-state index in [-0.39, 0.29) is 15.7 Å². The Labute approximate surface area is 154 Å². The van der Waals surface area contributed by atoms with Crippen LogP contribution in [0.1, 0.15) is 21.6 Å². The molecule has 0 radical (unpaired) electrons. The summed E-state index contributed by atoms with van der Waals surface area (Å²) < 4.78 is 14.8. The zero-order chi connectivity index (χ0) is 18.0. The molecule has 0 bridgehead atoms. The number of hydrogen-bond acceptors (Lipinski definition) is 2. The molecule has 0 unspecified atom stereocenters. The van der Waals surface area contributed by atoms with Gasteiger partial charge in [-0.2, -0.15) is 5.10 Å². The van der Waals surface area contributed by atoms with Crippen molar-refractivity contribution in [3.8, 4) is 0 Å². The molecule has 0 fully saturated rings. The molecule has 1 aromatic heterocycles. The molecule has 128 valence electrons. The molecule has 3 aromatic rings. The number of carbonyl (C=O) groups is 1. The van der Waals surface area contributed by atoms with E-state index in [1.165, 1.54) is 18.2 Å². The van der Waals surface area contributed by atoms with Crippen molar-refractivity contribution >= 4 is 34.8 Å². The number of hydrogen-bond donors (Lipinski definition) is 1. The number of halogens is 3. The van der Waals surface area contributed by atoms with Gasteiger partial charge in [0.2, 0.25) is 0 Å². The second-order valence-electron chi connectivity index (χ2n) is 5.48. The van der Waals surface area contributed by atoms with Gasteiger partial charge in [0.1, 0.15) is 11.0 Å². The smallest absolute Gasteiger partial charge is 0.260 e. The molecule has 0 spiro atoms. The Morgan fingerprint density at radius 2 is 1.92 bits per heavy atom. The van der Waals surface area contributed by atoms with Gasteiger partial charge in [0.15, 0.2) is 0 Å². The van der Waals surface area contributed by atoms with Crippen molar-refractivity contribution in [2.75, 3.05) is 5.32 Å². The highest BCUT2D eigenvalue weighted by atomic mass is 35.5. The topological polar surface area (TPSA) is 46.9 Å². The van der Waals surface area contributed by atoms with Crippen LogP contribution < -0.4 is 5.32 Å². The number of amides is 1. The second-order valence-corrected chi connectivity index (χ2v) is 6.24. The first-order chi connectivity index (χ1) is 12.0. The van der Waals surface area contributed by atoms with Crippen LogP contribution in [-0.2, 0) is 6.54 Å². The van der Waals surface area contributed by atoms with Gasteiger partial charge in [-0.15, -0.1) is 0 Å². The first kappa shape index (κ1) is 17.5. The highest BCUT2D eigenvalue weighted by molar-refractivity contribution is 6.34. The Bertz CT molecular complexity index is 926. The second kappa shape index (κ2) is 7.25. The van der Waals surface area contributed by atoms with Gasteiger partial charge in [0.05, 0.1) is 22.8 Å². The van der Waals surface area contributed by atoms with Crippen LogP contribution in [0.5, 0.6) is 0 Å². The molecule has 0 atom stereocenters. The number of nitrogens with one attached hydrogen (secondary N) is 1. The summed E-state index contributed by atoms with van der Waals surface area (Å²) >= 11 is 12.1. The molecular weight excluding hydrogens is 364 g/mol. The lowest BCUT2D eigenvalue weighted by Gasteiger charge is -2.06. The summed E-state index contributed by atoms with van der Waals surface area (Å²) in [6.45, 7) is 2.16. The molecular formula is C18H14Cl2FN3O. The lowest BCUT2D eigenvalue weighted by Crippen LogP contribution is -2.13. The number of aryl methyl sites for hydroxylation is 1. The lowest BCUT2D eigenvalue weighted by molar-refractivity contribution is 0.102. The van der Waals surface area contributed by atoms with Gasteiger partial charge in [-0.1, -0.05) is 53.5 Å². The van der Waals surface area contributed by atoms with Crippen LogP contribution in [0.25, 0.3) is 0 Å². The van der Waals surface area contributed by atoms with E-state index in [0.717, 1.165) is 5.56 Å². The summed E-state index contributed by atoms with van der Waals surface area (Å²) in [6.07, 6.45) is 0. The first-order valence-electron chi connectivity index (χ1n) is 7.49. The van der Waals surface area contributed by atoms with Crippen molar-refractivity contribution in [1.29, 1.82) is 0 Å². The number of aromatic nitrogens is 2. The van der Waals surface area contributed by atoms with Crippen molar-refractivity contribution < 1.29 is 9.18 Å². The maximum absolute atomic E-state index is 13.2. The fourth-order valence-corrected chi connectivity index (χ4v) is 2.94. The van der Waals surface area contributed by atoms with Crippen LogP contribution in [-0.4, -0.2) is 15.7 Å². The minimum absolute atomic E-state index is 0.0691. The van der Waals surface area contributed by atoms with E-state index >= 15 is 0 Å². The summed E-state index contributed by atoms with van der Waals surface area (Å²) in [7, 11) is 0. The minimum atomic E-state index is -0.551. The van der Waals surface area contributed by atoms with Crippen molar-refractivity contribution in [2.45, 2.75) is 13.5 Å². The van der Waals surface area contributed by atoms with Crippen molar-refractivity contribution in [3.63, 3.8) is 0 Å². The van der Waals surface area contributed by atoms with Gasteiger partial charge < -0.3 is 5.32 Å². The van der Waals surface area contributed by atoms with E-state index in [2.05, 4.69) is 10.4 Å². The Morgan fingerprint density at radius 3 is 2.60 bits per heavy atom. The van der Waals surface area contributed by atoms with Gasteiger partial charge in [-0.3, -0.25) is 4.79 Å². The van der Waals surface area contributed by atoms with E-state index < -0.39 is 11.7 Å². The summed E-state index contributed by atoms with van der Waals surface area (Å²) in [5.41, 5.74) is 2.18. The van der Waals surface area contributed by atoms with Crippen molar-refractivity contribution in [1.82, 2.24) is 9.78 Å². The number of anilines is 1. The molecule has 0 aliphatic carbocycles. The van der Waals surface area contributed by atoms with Crippen LogP contribution in [0.3, 0.4) is 0 Å². The van der Waals surface area contributed by atoms with E-state index in [0.29, 0.717) is 17.9 Å². The molecule has 0 saturated heterocycles. The van der Waals surface area contributed by atoms with Crippen LogP contribution >= 0.6 is 23.2 Å². The average Bonchev–Trinajstić information content (AvgIpc) is 2.86. The lowest BCUT2D eigenvalue weighted by atomic mass is 10.2. The maximum atomic E-state index is 13.2. The highest BCUT2D eigenvalue weighted by Crippen LogP contribution is 2.24. The number of nitrogens with zero attached hydrogens (tertiary/aromatic N) is 2. The number of benzene rings is 2. The summed E-state index contributed by atoms with van der Waals surface area (Å²) in [5.74, 6) is -0.978. The predicted molar refractivity (Wildman–Crippen MR) is 96.9 cm³/mol. The quantitative estimate of drug-likeness (QED) is 0.699. The minimum Gasteiger partial charge on any atom is -0.322 e. The summed E-state index contributed by atoms with van der Waals surface area (Å²) in [5, 5.41) is 7.17. The summed E-state index contributed by atoms with van der Waals surface area (Å²) in [4.78, 5) is 12.5. The maximum Gasteiger partial charge on any atom is 0.260 e. The molecule has 0 saturated carbocycles. The highest BCUT2D eigenvalue weighted by Gasteiger charge is 2.20. The average molecular weight is 378 g/mol. The molecule has 7 heteroatoms. The molecule has 0 aliphatic rings. The zero-order valence-corrected chi connectivity index (χ0v) is 14.8. The van der Waals surface area contributed by atoms with Crippen molar-refractivity contribution in [2.24, 2.45) is 0 Å². The van der Waals surface area contributed by atoms with Gasteiger partial charge in [0, 0.05) is 5.69 Å². The van der Waals surface area contributed by atoms with Crippen molar-refractivity contribution in [3.05, 3.63) is 81.3 Å². The van der Waals surface area contributed by atoms with Gasteiger partial charge in [-0.25, -0.2) is 9.07 Å². The predicted octanol–water partition coefficient (Wildman–Crippen LogP) is 4.94. The van der Waals surface area contributed by atoms with Gasteiger partial charge >= 0.3 is 0 Å². The Morgan fingerprint density at radius 1 is 1.20 bits per heavy atom. The third-order valence-electron chi connectivity index (χ3n) is 3.65. The van der Waals surface area contributed by atoms with Crippen LogP contribution in [0.15, 0.2) is 48.5 Å². The fraction of sp³-hybridized carbons (Fsp3) is 0.111. The molecule has 2 aromatic carbocycles. The Balaban J connectivity index is 1.84. The molecule has 1 N–H and O–H groups in total. The van der Waals surface area contributed by atoms with Crippen LogP contribution in [0.4, 0.5) is 10.1 Å². The Kier molecular flexibility index (Phi) is 5.06. The standard InChI is InChI=1S/C18H14Cl2FN3O/c1-11-16(18(25)22-13-7-8-15(21)14(19)9-13)17(20)24(23-11)10-12-5-3-2-4-6-12/h2-9H,10H2,1H3,(H,22,25). The SMILES string of the molecule is Cc1nn(Cc2ccccc2)c(Cl)c1C(=O)Nc1ccc(F)c(Cl)c1. The first-order valence-corrected chi connectivity index (χ1v) is 8.24. The zero-order valence-electron chi connectivity index (χ0n) is 13.3. The number of carbonyl (C=O) groups excluding carboxylic acids is 1. The molecule has 4 nitrogen and oxygen atoms in total. The third-order valence-corrected chi connectivity index (χ3v) is 4.32. The third kappa shape index (κ3) is 3.83. The molecule has 3 rings (SSSR count). The van der Waals surface area contributed by atoms with Crippen LogP contribution in [0, 0.1) is 12.7 Å². The molecule has 0 aliphatic heterocycles. The fourth-order valence-electron chi connectivity index (χ4n) is 2.44. The Hall–Kier alpha value is -2.37. The number of rotatable bonds is 4.